The minimum Gasteiger partial charge on any atom is -0.478 e. The molecular weight excluding hydrogens is 304 g/mol. The van der Waals surface area contributed by atoms with E-state index >= 15 is 0 Å². The van der Waals surface area contributed by atoms with E-state index in [0.717, 1.165) is 18.6 Å². The number of allylic oxidation sites excluding steroid dienone is 1. The lowest BCUT2D eigenvalue weighted by Gasteiger charge is -2.09. The largest absolute Gasteiger partial charge is 0.573 e. The van der Waals surface area contributed by atoms with Gasteiger partial charge in [0.1, 0.15) is 11.6 Å². The van der Waals surface area contributed by atoms with Crippen molar-refractivity contribution in [1.29, 1.82) is 0 Å². The minimum absolute atomic E-state index is 0.0237. The third kappa shape index (κ3) is 6.43. The van der Waals surface area contributed by atoms with Crippen molar-refractivity contribution >= 4 is 12.0 Å². The maximum Gasteiger partial charge on any atom is 0.573 e. The predicted molar refractivity (Wildman–Crippen MR) is 72.7 cm³/mol. The highest BCUT2D eigenvalue weighted by Gasteiger charge is 2.31. The third-order valence-corrected chi connectivity index (χ3v) is 2.48. The molecule has 0 amide bonds. The van der Waals surface area contributed by atoms with Gasteiger partial charge in [0.05, 0.1) is 5.57 Å². The number of carbonyl (C=O) groups is 1. The Morgan fingerprint density at radius 1 is 1.32 bits per heavy atom. The van der Waals surface area contributed by atoms with Crippen LogP contribution in [-0.4, -0.2) is 17.4 Å². The standard InChI is InChI=1S/C15H14F4O3/c1-2-3-4-11(14(20)21)6-5-10-7-12(16)9-13(8-10)22-15(17,18)19/h4-9H,2-3H2,1H3,(H,20,21)/b6-5+,11-4-. The normalized spacial score (nSPS) is 12.7. The Morgan fingerprint density at radius 3 is 2.55 bits per heavy atom. The van der Waals surface area contributed by atoms with Crippen molar-refractivity contribution in [2.24, 2.45) is 0 Å². The molecule has 0 fully saturated rings. The fourth-order valence-corrected chi connectivity index (χ4v) is 1.59. The fraction of sp³-hybridized carbons (Fsp3) is 0.267. The number of benzene rings is 1. The quantitative estimate of drug-likeness (QED) is 0.475. The van der Waals surface area contributed by atoms with Gasteiger partial charge in [0.2, 0.25) is 0 Å². The van der Waals surface area contributed by atoms with Crippen LogP contribution in [0.4, 0.5) is 17.6 Å². The van der Waals surface area contributed by atoms with Crippen molar-refractivity contribution in [3.63, 3.8) is 0 Å². The third-order valence-electron chi connectivity index (χ3n) is 2.48. The first-order valence-corrected chi connectivity index (χ1v) is 6.39. The van der Waals surface area contributed by atoms with E-state index in [0.29, 0.717) is 12.5 Å². The first-order valence-electron chi connectivity index (χ1n) is 6.39. The van der Waals surface area contributed by atoms with Crippen LogP contribution in [0.25, 0.3) is 6.08 Å². The van der Waals surface area contributed by atoms with Crippen molar-refractivity contribution in [3.8, 4) is 5.75 Å². The van der Waals surface area contributed by atoms with Gasteiger partial charge in [-0.1, -0.05) is 25.5 Å². The zero-order chi connectivity index (χ0) is 16.8. The van der Waals surface area contributed by atoms with Crippen molar-refractivity contribution in [2.75, 3.05) is 0 Å². The summed E-state index contributed by atoms with van der Waals surface area (Å²) in [5.41, 5.74) is 0.0345. The van der Waals surface area contributed by atoms with E-state index in [1.54, 1.807) is 0 Å². The zero-order valence-corrected chi connectivity index (χ0v) is 11.7. The molecular formula is C15H14F4O3. The number of aliphatic carboxylic acids is 1. The van der Waals surface area contributed by atoms with E-state index in [2.05, 4.69) is 4.74 Å². The lowest BCUT2D eigenvalue weighted by atomic mass is 10.1. The second kappa shape index (κ2) is 7.63. The molecule has 1 N–H and O–H groups in total. The van der Waals surface area contributed by atoms with Crippen molar-refractivity contribution in [1.82, 2.24) is 0 Å². The maximum absolute atomic E-state index is 13.3. The molecule has 0 spiro atoms. The molecule has 0 bridgehead atoms. The van der Waals surface area contributed by atoms with Crippen molar-refractivity contribution < 1.29 is 32.2 Å². The molecule has 0 saturated heterocycles. The molecule has 1 rings (SSSR count). The smallest absolute Gasteiger partial charge is 0.478 e. The average Bonchev–Trinajstić information content (AvgIpc) is 2.35. The summed E-state index contributed by atoms with van der Waals surface area (Å²) in [5, 5.41) is 8.97. The summed E-state index contributed by atoms with van der Waals surface area (Å²) < 4.78 is 53.3. The zero-order valence-electron chi connectivity index (χ0n) is 11.7. The van der Waals surface area contributed by atoms with Crippen molar-refractivity contribution in [2.45, 2.75) is 26.1 Å². The number of unbranched alkanes of at least 4 members (excludes halogenated alkanes) is 1. The number of ether oxygens (including phenoxy) is 1. The van der Waals surface area contributed by atoms with E-state index in [1.165, 1.54) is 18.2 Å². The highest BCUT2D eigenvalue weighted by molar-refractivity contribution is 5.91. The average molecular weight is 318 g/mol. The van der Waals surface area contributed by atoms with Gasteiger partial charge in [-0.25, -0.2) is 9.18 Å². The van der Waals surface area contributed by atoms with Crippen LogP contribution >= 0.6 is 0 Å². The van der Waals surface area contributed by atoms with Gasteiger partial charge in [0, 0.05) is 6.07 Å². The highest BCUT2D eigenvalue weighted by atomic mass is 19.4. The Morgan fingerprint density at radius 2 is 2.00 bits per heavy atom. The first kappa shape index (κ1) is 17.7. The molecule has 1 aromatic carbocycles. The van der Waals surface area contributed by atoms with E-state index < -0.39 is 23.9 Å². The number of alkyl halides is 3. The predicted octanol–water partition coefficient (Wildman–Crippen LogP) is 4.55. The summed E-state index contributed by atoms with van der Waals surface area (Å²) in [6, 6.07) is 2.53. The molecule has 7 heteroatoms. The monoisotopic (exact) mass is 318 g/mol. The van der Waals surface area contributed by atoms with E-state index in [9.17, 15) is 22.4 Å². The summed E-state index contributed by atoms with van der Waals surface area (Å²) in [4.78, 5) is 11.0. The Hall–Kier alpha value is -2.31. The van der Waals surface area contributed by atoms with Gasteiger partial charge < -0.3 is 9.84 Å². The summed E-state index contributed by atoms with van der Waals surface area (Å²) >= 11 is 0. The maximum atomic E-state index is 13.3. The Kier molecular flexibility index (Phi) is 6.15. The van der Waals surface area contributed by atoms with Gasteiger partial charge in [-0.05, 0) is 30.2 Å². The van der Waals surface area contributed by atoms with E-state index in [4.69, 9.17) is 5.11 Å². The van der Waals surface area contributed by atoms with Crippen molar-refractivity contribution in [3.05, 3.63) is 47.3 Å². The molecule has 0 heterocycles. The Bertz CT molecular complexity index is 589. The molecule has 0 saturated carbocycles. The van der Waals surface area contributed by atoms with Crippen LogP contribution < -0.4 is 4.74 Å². The van der Waals surface area contributed by atoms with Crippen LogP contribution in [0.3, 0.4) is 0 Å². The molecule has 0 aromatic heterocycles. The number of carboxylic acid groups (broad SMARTS) is 1. The van der Waals surface area contributed by atoms with Gasteiger partial charge in [-0.15, -0.1) is 13.2 Å². The molecule has 0 aliphatic rings. The lowest BCUT2D eigenvalue weighted by Crippen LogP contribution is -2.17. The number of hydrogen-bond acceptors (Lipinski definition) is 2. The van der Waals surface area contributed by atoms with Crippen LogP contribution in [0.1, 0.15) is 25.3 Å². The number of rotatable bonds is 6. The van der Waals surface area contributed by atoms with Gasteiger partial charge in [-0.2, -0.15) is 0 Å². The Balaban J connectivity index is 3.01. The molecule has 0 atom stereocenters. The first-order chi connectivity index (χ1) is 10.2. The Labute approximate surface area is 124 Å². The molecule has 1 aromatic rings. The second-order valence-electron chi connectivity index (χ2n) is 4.35. The van der Waals surface area contributed by atoms with Crippen LogP contribution in [0.2, 0.25) is 0 Å². The molecule has 120 valence electrons. The number of hydrogen-bond donors (Lipinski definition) is 1. The van der Waals surface area contributed by atoms with Crippen LogP contribution in [0, 0.1) is 5.82 Å². The minimum atomic E-state index is -4.93. The summed E-state index contributed by atoms with van der Waals surface area (Å²) in [6.45, 7) is 1.87. The molecule has 22 heavy (non-hydrogen) atoms. The topological polar surface area (TPSA) is 46.5 Å². The van der Waals surface area contributed by atoms with Crippen LogP contribution in [0.15, 0.2) is 35.9 Å². The highest BCUT2D eigenvalue weighted by Crippen LogP contribution is 2.25. The van der Waals surface area contributed by atoms with E-state index in [1.807, 2.05) is 6.92 Å². The summed E-state index contributed by atoms with van der Waals surface area (Å²) in [6.07, 6.45) is 0.241. The fourth-order valence-electron chi connectivity index (χ4n) is 1.59. The van der Waals surface area contributed by atoms with Gasteiger partial charge in [0.15, 0.2) is 0 Å². The lowest BCUT2D eigenvalue weighted by molar-refractivity contribution is -0.274. The van der Waals surface area contributed by atoms with E-state index in [-0.39, 0.29) is 11.1 Å². The van der Waals surface area contributed by atoms with Gasteiger partial charge in [0.25, 0.3) is 0 Å². The number of carboxylic acids is 1. The molecule has 0 unspecified atom stereocenters. The second-order valence-corrected chi connectivity index (χ2v) is 4.35. The molecule has 0 aliphatic carbocycles. The molecule has 3 nitrogen and oxygen atoms in total. The summed E-state index contributed by atoms with van der Waals surface area (Å²) in [5.74, 6) is -2.80. The van der Waals surface area contributed by atoms with Crippen LogP contribution in [0.5, 0.6) is 5.75 Å². The molecule has 0 radical (unpaired) electrons. The molecule has 0 aliphatic heterocycles. The number of halogens is 4. The van der Waals surface area contributed by atoms with Gasteiger partial charge in [-0.3, -0.25) is 0 Å². The van der Waals surface area contributed by atoms with Crippen LogP contribution in [-0.2, 0) is 4.79 Å². The SMILES string of the molecule is CCC/C=C(/C=C/c1cc(F)cc(OC(F)(F)F)c1)C(=O)O. The summed E-state index contributed by atoms with van der Waals surface area (Å²) in [7, 11) is 0. The van der Waals surface area contributed by atoms with Gasteiger partial charge >= 0.3 is 12.3 Å².